The first kappa shape index (κ1) is 13.1. The summed E-state index contributed by atoms with van der Waals surface area (Å²) in [6.07, 6.45) is 12.0. The number of hydrogen-bond donors (Lipinski definition) is 0. The van der Waals surface area contributed by atoms with Crippen molar-refractivity contribution in [1.29, 1.82) is 0 Å². The fourth-order valence-corrected chi connectivity index (χ4v) is 5.80. The summed E-state index contributed by atoms with van der Waals surface area (Å²) < 4.78 is 0. The molecule has 2 aliphatic carbocycles. The molecule has 1 spiro atoms. The molecule has 0 amide bonds. The number of anilines is 1. The average molecular weight is 311 g/mol. The monoisotopic (exact) mass is 311 g/mol. The smallest absolute Gasteiger partial charge is 0.0773 e. The van der Waals surface area contributed by atoms with Crippen molar-refractivity contribution >= 4 is 5.69 Å². The Morgan fingerprint density at radius 2 is 1.79 bits per heavy atom. The second-order valence-corrected chi connectivity index (χ2v) is 7.81. The van der Waals surface area contributed by atoms with Crippen LogP contribution in [0.1, 0.15) is 29.5 Å². The van der Waals surface area contributed by atoms with Crippen LogP contribution in [0.25, 0.3) is 0 Å². The zero-order valence-electron chi connectivity index (χ0n) is 13.8. The van der Waals surface area contributed by atoms with E-state index in [4.69, 9.17) is 0 Å². The van der Waals surface area contributed by atoms with Gasteiger partial charge in [-0.25, -0.2) is 0 Å². The van der Waals surface area contributed by atoms with Crippen LogP contribution in [-0.4, -0.2) is 0 Å². The molecule has 2 bridgehead atoms. The predicted molar refractivity (Wildman–Crippen MR) is 97.9 cm³/mol. The van der Waals surface area contributed by atoms with Crippen molar-refractivity contribution in [3.05, 3.63) is 89.1 Å². The van der Waals surface area contributed by atoms with Crippen LogP contribution in [0.5, 0.6) is 0 Å². The van der Waals surface area contributed by atoms with Crippen LogP contribution in [0, 0.1) is 11.8 Å². The van der Waals surface area contributed by atoms with E-state index in [1.165, 1.54) is 36.9 Å². The van der Waals surface area contributed by atoms with Crippen molar-refractivity contribution in [3.63, 3.8) is 0 Å². The molecule has 1 fully saturated rings. The van der Waals surface area contributed by atoms with Gasteiger partial charge in [0.1, 0.15) is 0 Å². The Hall–Kier alpha value is -2.28. The molecular formula is C23H21N. The van der Waals surface area contributed by atoms with Crippen molar-refractivity contribution in [3.8, 4) is 0 Å². The summed E-state index contributed by atoms with van der Waals surface area (Å²) in [5.41, 5.74) is 7.88. The fraction of sp³-hybridized carbons (Fsp3) is 0.304. The molecule has 0 saturated carbocycles. The first-order valence-electron chi connectivity index (χ1n) is 9.21. The molecule has 2 aliphatic heterocycles. The molecule has 2 aromatic rings. The van der Waals surface area contributed by atoms with Gasteiger partial charge in [-0.2, -0.15) is 0 Å². The molecule has 4 aliphatic rings. The summed E-state index contributed by atoms with van der Waals surface area (Å²) in [4.78, 5) is 2.75. The molecule has 0 aromatic heterocycles. The third-order valence-corrected chi connectivity index (χ3v) is 6.79. The van der Waals surface area contributed by atoms with E-state index in [1.54, 1.807) is 16.8 Å². The Balaban J connectivity index is 1.63. The third-order valence-electron chi connectivity index (χ3n) is 6.79. The standard InChI is InChI=1S/C23H21N/c1-4-10-20-18(9-1)15-23(20)19-13-16-7-2-5-11-21(16)24(23)22-12-6-3-8-17(22)14-19/h1-7,9-12,17,19H,8,13-15H2. The van der Waals surface area contributed by atoms with Crippen LogP contribution in [-0.2, 0) is 18.4 Å². The summed E-state index contributed by atoms with van der Waals surface area (Å²) in [7, 11) is 0. The Morgan fingerprint density at radius 1 is 0.958 bits per heavy atom. The quantitative estimate of drug-likeness (QED) is 0.663. The lowest BCUT2D eigenvalue weighted by atomic mass is 9.54. The van der Waals surface area contributed by atoms with Crippen LogP contribution in [0.15, 0.2) is 72.5 Å². The van der Waals surface area contributed by atoms with E-state index in [0.29, 0.717) is 5.92 Å². The number of benzene rings is 2. The van der Waals surface area contributed by atoms with E-state index >= 15 is 0 Å². The van der Waals surface area contributed by atoms with E-state index in [2.05, 4.69) is 71.7 Å². The van der Waals surface area contributed by atoms with Crippen LogP contribution < -0.4 is 4.90 Å². The second-order valence-electron chi connectivity index (χ2n) is 7.81. The van der Waals surface area contributed by atoms with Gasteiger partial charge in [0.05, 0.1) is 5.54 Å². The van der Waals surface area contributed by atoms with Crippen molar-refractivity contribution in [2.45, 2.75) is 31.2 Å². The molecular weight excluding hydrogens is 290 g/mol. The molecule has 1 nitrogen and oxygen atoms in total. The number of rotatable bonds is 0. The molecule has 6 rings (SSSR count). The van der Waals surface area contributed by atoms with E-state index in [-0.39, 0.29) is 5.54 Å². The van der Waals surface area contributed by atoms with Gasteiger partial charge in [-0.15, -0.1) is 0 Å². The molecule has 3 atom stereocenters. The highest BCUT2D eigenvalue weighted by atomic mass is 15.3. The van der Waals surface area contributed by atoms with Crippen molar-refractivity contribution < 1.29 is 0 Å². The minimum atomic E-state index is 0.207. The molecule has 24 heavy (non-hydrogen) atoms. The molecule has 118 valence electrons. The molecule has 3 unspecified atom stereocenters. The lowest BCUT2D eigenvalue weighted by Gasteiger charge is -2.64. The van der Waals surface area contributed by atoms with Crippen LogP contribution in [0.2, 0.25) is 0 Å². The highest BCUT2D eigenvalue weighted by molar-refractivity contribution is 5.70. The summed E-state index contributed by atoms with van der Waals surface area (Å²) in [5.74, 6) is 1.43. The third kappa shape index (κ3) is 1.42. The van der Waals surface area contributed by atoms with Gasteiger partial charge >= 0.3 is 0 Å². The zero-order chi connectivity index (χ0) is 15.7. The topological polar surface area (TPSA) is 3.24 Å². The molecule has 1 heteroatoms. The lowest BCUT2D eigenvalue weighted by Crippen LogP contribution is -2.64. The average Bonchev–Trinajstić information content (AvgIpc) is 2.60. The van der Waals surface area contributed by atoms with E-state index < -0.39 is 0 Å². The molecule has 0 N–H and O–H groups in total. The molecule has 0 radical (unpaired) electrons. The Kier molecular flexibility index (Phi) is 2.40. The highest BCUT2D eigenvalue weighted by Gasteiger charge is 2.59. The van der Waals surface area contributed by atoms with Crippen LogP contribution >= 0.6 is 0 Å². The van der Waals surface area contributed by atoms with E-state index in [1.807, 2.05) is 0 Å². The highest BCUT2D eigenvalue weighted by Crippen LogP contribution is 2.62. The number of fused-ring (bicyclic) bond motifs is 5. The van der Waals surface area contributed by atoms with Crippen LogP contribution in [0.3, 0.4) is 0 Å². The number of nitrogens with zero attached hydrogens (tertiary/aromatic N) is 1. The maximum Gasteiger partial charge on any atom is 0.0773 e. The number of hydrogen-bond acceptors (Lipinski definition) is 1. The van der Waals surface area contributed by atoms with Gasteiger partial charge in [0.25, 0.3) is 0 Å². The van der Waals surface area contributed by atoms with Gasteiger partial charge in [0, 0.05) is 23.7 Å². The maximum absolute atomic E-state index is 2.75. The fourth-order valence-electron chi connectivity index (χ4n) is 5.80. The summed E-state index contributed by atoms with van der Waals surface area (Å²) in [6.45, 7) is 0. The van der Waals surface area contributed by atoms with Crippen molar-refractivity contribution in [2.75, 3.05) is 4.90 Å². The first-order valence-corrected chi connectivity index (χ1v) is 9.21. The number of para-hydroxylation sites is 1. The SMILES string of the molecule is C1=CCC2CC3Cc4ccccc4N(C2=C1)C31Cc2ccccc21. The molecule has 2 heterocycles. The zero-order valence-corrected chi connectivity index (χ0v) is 13.8. The number of allylic oxidation sites excluding steroid dienone is 4. The Morgan fingerprint density at radius 3 is 2.71 bits per heavy atom. The summed E-state index contributed by atoms with van der Waals surface area (Å²) in [5, 5.41) is 0. The van der Waals surface area contributed by atoms with Gasteiger partial charge in [-0.1, -0.05) is 54.6 Å². The van der Waals surface area contributed by atoms with Gasteiger partial charge in [0.2, 0.25) is 0 Å². The summed E-state index contributed by atoms with van der Waals surface area (Å²) >= 11 is 0. The first-order chi connectivity index (χ1) is 11.9. The van der Waals surface area contributed by atoms with Crippen molar-refractivity contribution in [1.82, 2.24) is 0 Å². The van der Waals surface area contributed by atoms with Crippen LogP contribution in [0.4, 0.5) is 5.69 Å². The minimum absolute atomic E-state index is 0.207. The minimum Gasteiger partial charge on any atom is -0.334 e. The normalized spacial score (nSPS) is 31.7. The molecule has 2 aromatic carbocycles. The van der Waals surface area contributed by atoms with E-state index in [0.717, 1.165) is 5.92 Å². The van der Waals surface area contributed by atoms with Crippen molar-refractivity contribution in [2.24, 2.45) is 11.8 Å². The maximum atomic E-state index is 2.75. The van der Waals surface area contributed by atoms with Gasteiger partial charge in [0.15, 0.2) is 0 Å². The second kappa shape index (κ2) is 4.42. The largest absolute Gasteiger partial charge is 0.334 e. The number of piperidine rings is 1. The Labute approximate surface area is 143 Å². The predicted octanol–water partition coefficient (Wildman–Crippen LogP) is 4.98. The summed E-state index contributed by atoms with van der Waals surface area (Å²) in [6, 6.07) is 18.2. The Bertz CT molecular complexity index is 906. The van der Waals surface area contributed by atoms with Gasteiger partial charge < -0.3 is 4.90 Å². The van der Waals surface area contributed by atoms with E-state index in [9.17, 15) is 0 Å². The molecule has 1 saturated heterocycles. The lowest BCUT2D eigenvalue weighted by molar-refractivity contribution is 0.146. The van der Waals surface area contributed by atoms with Gasteiger partial charge in [-0.3, -0.25) is 0 Å². The van der Waals surface area contributed by atoms with Gasteiger partial charge in [-0.05, 0) is 54.0 Å².